The van der Waals surface area contributed by atoms with Crippen LogP contribution in [-0.2, 0) is 14.3 Å². The van der Waals surface area contributed by atoms with Gasteiger partial charge in [0, 0.05) is 29.1 Å². The average molecular weight is 513 g/mol. The number of ketones is 1. The Labute approximate surface area is 223 Å². The van der Waals surface area contributed by atoms with Crippen LogP contribution < -0.4 is 0 Å². The molecule has 0 saturated heterocycles. The number of carbonyl (C=O) groups is 2. The van der Waals surface area contributed by atoms with E-state index in [4.69, 9.17) is 4.74 Å². The van der Waals surface area contributed by atoms with Gasteiger partial charge in [-0.05, 0) is 60.0 Å². The van der Waals surface area contributed by atoms with Gasteiger partial charge in [0.25, 0.3) is 0 Å². The van der Waals surface area contributed by atoms with E-state index in [1.54, 1.807) is 0 Å². The number of esters is 1. The molecule has 0 spiro atoms. The number of aliphatic hydroxyl groups excluding tert-OH is 2. The number of allylic oxidation sites excluding steroid dienone is 4. The minimum absolute atomic E-state index is 0.184. The first-order valence-electron chi connectivity index (χ1n) is 14.1. The summed E-state index contributed by atoms with van der Waals surface area (Å²) in [4.78, 5) is 26.0. The molecule has 4 rings (SSSR count). The summed E-state index contributed by atoms with van der Waals surface area (Å²) in [6.45, 7) is 19.0. The van der Waals surface area contributed by atoms with Crippen LogP contribution >= 0.6 is 0 Å². The first kappa shape index (κ1) is 28.3. The van der Waals surface area contributed by atoms with Gasteiger partial charge in [-0.3, -0.25) is 9.59 Å². The predicted molar refractivity (Wildman–Crippen MR) is 145 cm³/mol. The van der Waals surface area contributed by atoms with Gasteiger partial charge >= 0.3 is 5.97 Å². The summed E-state index contributed by atoms with van der Waals surface area (Å²) in [6, 6.07) is 0. The third-order valence-electron chi connectivity index (χ3n) is 11.5. The van der Waals surface area contributed by atoms with Crippen molar-refractivity contribution in [3.63, 3.8) is 0 Å². The SMILES string of the molecule is C=C(CCC(C(=O)OC)C1C(O)CC2(C)C3=CC(O)C4C(C)(C)C(=O)CCC4(C)C3=CCC12C)C(C)C. The fourth-order valence-corrected chi connectivity index (χ4v) is 9.02. The maximum Gasteiger partial charge on any atom is 0.309 e. The van der Waals surface area contributed by atoms with Gasteiger partial charge in [-0.15, -0.1) is 0 Å². The van der Waals surface area contributed by atoms with Crippen molar-refractivity contribution in [3.05, 3.63) is 35.5 Å². The Morgan fingerprint density at radius 1 is 1.16 bits per heavy atom. The molecule has 2 saturated carbocycles. The van der Waals surface area contributed by atoms with E-state index in [1.165, 1.54) is 12.7 Å². The highest BCUT2D eigenvalue weighted by atomic mass is 16.5. The standard InChI is InChI=1S/C32H48O5/c1-18(2)19(3)10-11-20(28(36)37-9)26-24(34)17-32(8)22-16-23(33)27-29(4,5)25(35)13-14-30(27,6)21(22)12-15-31(26,32)7/h12,16,18,20,23-24,26-27,33-34H,3,10-11,13-15,17H2,1-2,4-9H3. The molecule has 0 radical (unpaired) electrons. The highest BCUT2D eigenvalue weighted by Crippen LogP contribution is 2.71. The summed E-state index contributed by atoms with van der Waals surface area (Å²) in [5.41, 5.74) is 1.72. The lowest BCUT2D eigenvalue weighted by Crippen LogP contribution is -2.57. The van der Waals surface area contributed by atoms with Crippen molar-refractivity contribution in [1.82, 2.24) is 0 Å². The van der Waals surface area contributed by atoms with Crippen LogP contribution in [0.4, 0.5) is 0 Å². The number of hydrogen-bond acceptors (Lipinski definition) is 5. The Hall–Kier alpha value is -1.72. The maximum atomic E-state index is 13.2. The normalized spacial score (nSPS) is 41.2. The lowest BCUT2D eigenvalue weighted by atomic mass is 9.43. The number of ether oxygens (including phenoxy) is 1. The van der Waals surface area contributed by atoms with Gasteiger partial charge < -0.3 is 14.9 Å². The lowest BCUT2D eigenvalue weighted by Gasteiger charge is -2.60. The van der Waals surface area contributed by atoms with Gasteiger partial charge in [0.15, 0.2) is 0 Å². The van der Waals surface area contributed by atoms with Crippen LogP contribution in [0.5, 0.6) is 0 Å². The summed E-state index contributed by atoms with van der Waals surface area (Å²) < 4.78 is 5.29. The molecule has 0 aliphatic heterocycles. The number of Topliss-reactive ketones (excluding diaryl/α,β-unsaturated/α-hetero) is 1. The molecular formula is C32H48O5. The molecule has 37 heavy (non-hydrogen) atoms. The summed E-state index contributed by atoms with van der Waals surface area (Å²) in [5, 5.41) is 23.2. The van der Waals surface area contributed by atoms with Crippen molar-refractivity contribution in [2.75, 3.05) is 7.11 Å². The van der Waals surface area contributed by atoms with Gasteiger partial charge in [-0.1, -0.05) is 72.8 Å². The number of aliphatic hydroxyl groups is 2. The third kappa shape index (κ3) is 3.93. The Morgan fingerprint density at radius 3 is 2.41 bits per heavy atom. The topological polar surface area (TPSA) is 83.8 Å². The van der Waals surface area contributed by atoms with Gasteiger partial charge in [0.1, 0.15) is 5.78 Å². The van der Waals surface area contributed by atoms with Gasteiger partial charge in [-0.25, -0.2) is 0 Å². The van der Waals surface area contributed by atoms with Gasteiger partial charge in [0.2, 0.25) is 0 Å². The number of carbonyl (C=O) groups excluding carboxylic acids is 2. The van der Waals surface area contributed by atoms with Crippen molar-refractivity contribution >= 4 is 11.8 Å². The highest BCUT2D eigenvalue weighted by Gasteiger charge is 2.67. The molecule has 0 amide bonds. The molecule has 0 bridgehead atoms. The highest BCUT2D eigenvalue weighted by molar-refractivity contribution is 5.86. The first-order valence-corrected chi connectivity index (χ1v) is 14.1. The molecule has 0 aromatic heterocycles. The van der Waals surface area contributed by atoms with E-state index >= 15 is 0 Å². The molecule has 4 aliphatic rings. The quantitative estimate of drug-likeness (QED) is 0.347. The monoisotopic (exact) mass is 512 g/mol. The molecule has 2 N–H and O–H groups in total. The first-order chi connectivity index (χ1) is 17.1. The molecule has 0 heterocycles. The molecule has 8 atom stereocenters. The fourth-order valence-electron chi connectivity index (χ4n) is 9.02. The van der Waals surface area contributed by atoms with E-state index in [1.807, 2.05) is 19.9 Å². The summed E-state index contributed by atoms with van der Waals surface area (Å²) in [6.07, 6.45) is 6.73. The third-order valence-corrected chi connectivity index (χ3v) is 11.5. The minimum Gasteiger partial charge on any atom is -0.469 e. The second-order valence-electron chi connectivity index (χ2n) is 14.0. The molecule has 0 aromatic carbocycles. The van der Waals surface area contributed by atoms with E-state index in [-0.39, 0.29) is 34.4 Å². The van der Waals surface area contributed by atoms with Crippen molar-refractivity contribution in [1.29, 1.82) is 0 Å². The zero-order chi connectivity index (χ0) is 27.7. The van der Waals surface area contributed by atoms with Gasteiger partial charge in [0.05, 0.1) is 25.2 Å². The maximum absolute atomic E-state index is 13.2. The molecule has 8 unspecified atom stereocenters. The average Bonchev–Trinajstić information content (AvgIpc) is 3.02. The van der Waals surface area contributed by atoms with Crippen LogP contribution in [0.1, 0.15) is 87.0 Å². The summed E-state index contributed by atoms with van der Waals surface area (Å²) in [7, 11) is 1.43. The van der Waals surface area contributed by atoms with Crippen LogP contribution in [-0.4, -0.2) is 41.3 Å². The van der Waals surface area contributed by atoms with Crippen molar-refractivity contribution in [3.8, 4) is 0 Å². The van der Waals surface area contributed by atoms with Crippen LogP contribution in [0.15, 0.2) is 35.5 Å². The molecule has 4 aliphatic carbocycles. The number of rotatable bonds is 6. The Morgan fingerprint density at radius 2 is 1.81 bits per heavy atom. The van der Waals surface area contributed by atoms with E-state index < -0.39 is 29.0 Å². The minimum atomic E-state index is -0.738. The van der Waals surface area contributed by atoms with Crippen molar-refractivity contribution < 1.29 is 24.5 Å². The largest absolute Gasteiger partial charge is 0.469 e. The van der Waals surface area contributed by atoms with Crippen molar-refractivity contribution in [2.45, 2.75) is 99.2 Å². The molecular weight excluding hydrogens is 464 g/mol. The fraction of sp³-hybridized carbons (Fsp3) is 0.750. The molecule has 2 fully saturated rings. The van der Waals surface area contributed by atoms with E-state index in [0.29, 0.717) is 25.2 Å². The Balaban J connectivity index is 1.78. The van der Waals surface area contributed by atoms with E-state index in [0.717, 1.165) is 30.4 Å². The Bertz CT molecular complexity index is 1050. The lowest BCUT2D eigenvalue weighted by molar-refractivity contribution is -0.152. The Kier molecular flexibility index (Phi) is 7.03. The zero-order valence-corrected chi connectivity index (χ0v) is 24.2. The van der Waals surface area contributed by atoms with E-state index in [2.05, 4.69) is 47.3 Å². The second-order valence-corrected chi connectivity index (χ2v) is 14.0. The molecule has 5 nitrogen and oxygen atoms in total. The van der Waals surface area contributed by atoms with Crippen LogP contribution in [0.25, 0.3) is 0 Å². The predicted octanol–water partition coefficient (Wildman–Crippen LogP) is 5.80. The van der Waals surface area contributed by atoms with Crippen LogP contribution in [0.2, 0.25) is 0 Å². The number of methoxy groups -OCH3 is 1. The smallest absolute Gasteiger partial charge is 0.309 e. The van der Waals surface area contributed by atoms with E-state index in [9.17, 15) is 19.8 Å². The number of hydrogen-bond donors (Lipinski definition) is 2. The summed E-state index contributed by atoms with van der Waals surface area (Å²) in [5.74, 6) is -0.591. The second kappa shape index (κ2) is 9.19. The molecule has 5 heteroatoms. The zero-order valence-electron chi connectivity index (χ0n) is 24.2. The molecule has 0 aromatic rings. The summed E-state index contributed by atoms with van der Waals surface area (Å²) >= 11 is 0. The van der Waals surface area contributed by atoms with Crippen molar-refractivity contribution in [2.24, 2.45) is 45.3 Å². The van der Waals surface area contributed by atoms with Crippen LogP contribution in [0, 0.1) is 45.3 Å². The van der Waals surface area contributed by atoms with Gasteiger partial charge in [-0.2, -0.15) is 0 Å². The van der Waals surface area contributed by atoms with Crippen LogP contribution in [0.3, 0.4) is 0 Å². The number of fused-ring (bicyclic) bond motifs is 5. The molecule has 206 valence electrons.